The predicted molar refractivity (Wildman–Crippen MR) is 96.8 cm³/mol. The molecule has 2 N–H and O–H groups in total. The van der Waals surface area contributed by atoms with Gasteiger partial charge in [-0.15, -0.1) is 0 Å². The Morgan fingerprint density at radius 1 is 1.07 bits per heavy atom. The highest BCUT2D eigenvalue weighted by Crippen LogP contribution is 2.60. The number of hydrogen-bond donors (Lipinski definition) is 2. The molecule has 0 aromatic rings. The molecule has 1 saturated heterocycles. The lowest BCUT2D eigenvalue weighted by Crippen LogP contribution is -2.57. The van der Waals surface area contributed by atoms with Crippen LogP contribution >= 0.6 is 0 Å². The first-order valence-corrected chi connectivity index (χ1v) is 10.4. The van der Waals surface area contributed by atoms with Crippen molar-refractivity contribution in [3.63, 3.8) is 0 Å². The number of hydrogen-bond acceptors (Lipinski definition) is 4. The summed E-state index contributed by atoms with van der Waals surface area (Å²) in [7, 11) is 0. The largest absolute Gasteiger partial charge is 0.480 e. The third-order valence-electron chi connectivity index (χ3n) is 7.08. The Kier molecular flexibility index (Phi) is 5.14. The molecule has 0 spiro atoms. The number of ether oxygens (including phenoxy) is 1. The molecule has 150 valence electrons. The van der Waals surface area contributed by atoms with Gasteiger partial charge in [-0.1, -0.05) is 0 Å². The lowest BCUT2D eigenvalue weighted by Gasteiger charge is -2.56. The van der Waals surface area contributed by atoms with Crippen LogP contribution in [0.25, 0.3) is 0 Å². The van der Waals surface area contributed by atoms with E-state index in [2.05, 4.69) is 5.32 Å². The maximum absolute atomic E-state index is 13.5. The van der Waals surface area contributed by atoms with Gasteiger partial charge in [0.1, 0.15) is 12.6 Å². The van der Waals surface area contributed by atoms with Crippen LogP contribution in [0.2, 0.25) is 0 Å². The Labute approximate surface area is 159 Å². The van der Waals surface area contributed by atoms with Gasteiger partial charge >= 0.3 is 5.97 Å². The van der Waals surface area contributed by atoms with E-state index >= 15 is 0 Å². The van der Waals surface area contributed by atoms with E-state index in [1.54, 1.807) is 0 Å². The minimum atomic E-state index is -1.02. The number of carboxylic acid groups (broad SMARTS) is 1. The van der Waals surface area contributed by atoms with Crippen LogP contribution in [0.15, 0.2) is 0 Å². The molecular weight excluding hydrogens is 348 g/mol. The fraction of sp³-hybridized carbons (Fsp3) is 0.850. The Morgan fingerprint density at radius 3 is 2.30 bits per heavy atom. The second-order valence-corrected chi connectivity index (χ2v) is 9.09. The van der Waals surface area contributed by atoms with Crippen molar-refractivity contribution in [3.8, 4) is 0 Å². The van der Waals surface area contributed by atoms with E-state index in [9.17, 15) is 14.4 Å². The standard InChI is InChI=1S/C20H30N2O5/c23-17(24)12-27-5-3-21-18(25)16-2-1-4-22(16)19(26)20-9-13-6-14(10-20)8-15(7-13)11-20/h13-16H,1-12H2,(H,21,25)(H,23,24). The van der Waals surface area contributed by atoms with E-state index in [1.807, 2.05) is 4.90 Å². The Balaban J connectivity index is 1.34. The molecule has 1 heterocycles. The van der Waals surface area contributed by atoms with Crippen LogP contribution in [0.3, 0.4) is 0 Å². The molecule has 0 radical (unpaired) electrons. The zero-order chi connectivity index (χ0) is 19.0. The third kappa shape index (κ3) is 3.71. The lowest BCUT2D eigenvalue weighted by molar-refractivity contribution is -0.160. The number of likely N-dealkylation sites (tertiary alicyclic amines) is 1. The number of carbonyl (C=O) groups is 3. The molecule has 4 aliphatic carbocycles. The molecule has 0 aromatic heterocycles. The molecule has 1 aliphatic heterocycles. The van der Waals surface area contributed by atoms with Gasteiger partial charge < -0.3 is 20.1 Å². The van der Waals surface area contributed by atoms with Crippen LogP contribution in [0.4, 0.5) is 0 Å². The zero-order valence-electron chi connectivity index (χ0n) is 15.8. The highest BCUT2D eigenvalue weighted by molar-refractivity contribution is 5.91. The molecule has 7 nitrogen and oxygen atoms in total. The SMILES string of the molecule is O=C(O)COCCNC(=O)C1CCCN1C(=O)C12CC3CC(CC(C3)C1)C2. The average molecular weight is 378 g/mol. The summed E-state index contributed by atoms with van der Waals surface area (Å²) < 4.78 is 4.95. The maximum Gasteiger partial charge on any atom is 0.329 e. The average Bonchev–Trinajstić information content (AvgIpc) is 3.08. The summed E-state index contributed by atoms with van der Waals surface area (Å²) in [5.41, 5.74) is -0.206. The molecule has 4 bridgehead atoms. The number of rotatable bonds is 7. The fourth-order valence-electron chi connectivity index (χ4n) is 6.48. The first kappa shape index (κ1) is 18.7. The van der Waals surface area contributed by atoms with Crippen LogP contribution in [0.1, 0.15) is 51.4 Å². The van der Waals surface area contributed by atoms with E-state index in [0.29, 0.717) is 30.7 Å². The highest BCUT2D eigenvalue weighted by Gasteiger charge is 2.56. The second-order valence-electron chi connectivity index (χ2n) is 9.09. The van der Waals surface area contributed by atoms with Crippen molar-refractivity contribution in [1.29, 1.82) is 0 Å². The van der Waals surface area contributed by atoms with Crippen molar-refractivity contribution in [3.05, 3.63) is 0 Å². The van der Waals surface area contributed by atoms with Crippen molar-refractivity contribution >= 4 is 17.8 Å². The predicted octanol–water partition coefficient (Wildman–Crippen LogP) is 1.41. The molecule has 5 fully saturated rings. The first-order valence-electron chi connectivity index (χ1n) is 10.4. The number of nitrogens with one attached hydrogen (secondary N) is 1. The summed E-state index contributed by atoms with van der Waals surface area (Å²) >= 11 is 0. The summed E-state index contributed by atoms with van der Waals surface area (Å²) in [6.07, 6.45) is 8.53. The van der Waals surface area contributed by atoms with Gasteiger partial charge in [0.15, 0.2) is 0 Å². The normalized spacial score (nSPS) is 36.8. The van der Waals surface area contributed by atoms with E-state index in [0.717, 1.165) is 25.7 Å². The Bertz CT molecular complexity index is 584. The van der Waals surface area contributed by atoms with Gasteiger partial charge in [-0.2, -0.15) is 0 Å². The third-order valence-corrected chi connectivity index (χ3v) is 7.08. The summed E-state index contributed by atoms with van der Waals surface area (Å²) in [5, 5.41) is 11.4. The fourth-order valence-corrected chi connectivity index (χ4v) is 6.48. The monoisotopic (exact) mass is 378 g/mol. The van der Waals surface area contributed by atoms with Gasteiger partial charge in [-0.05, 0) is 69.1 Å². The molecule has 5 rings (SSSR count). The minimum Gasteiger partial charge on any atom is -0.480 e. The summed E-state index contributed by atoms with van der Waals surface area (Å²) in [4.78, 5) is 38.4. The van der Waals surface area contributed by atoms with Crippen molar-refractivity contribution < 1.29 is 24.2 Å². The van der Waals surface area contributed by atoms with Gasteiger partial charge in [0.25, 0.3) is 0 Å². The number of carbonyl (C=O) groups excluding carboxylic acids is 2. The number of carboxylic acids is 1. The van der Waals surface area contributed by atoms with Crippen LogP contribution in [0.5, 0.6) is 0 Å². The molecular formula is C20H30N2O5. The second kappa shape index (κ2) is 7.41. The first-order chi connectivity index (χ1) is 13.0. The van der Waals surface area contributed by atoms with Crippen LogP contribution in [-0.2, 0) is 19.1 Å². The zero-order valence-corrected chi connectivity index (χ0v) is 15.8. The minimum absolute atomic E-state index is 0.135. The van der Waals surface area contributed by atoms with Gasteiger partial charge in [0.2, 0.25) is 11.8 Å². The lowest BCUT2D eigenvalue weighted by atomic mass is 9.49. The van der Waals surface area contributed by atoms with E-state index in [1.165, 1.54) is 19.3 Å². The van der Waals surface area contributed by atoms with E-state index in [4.69, 9.17) is 9.84 Å². The van der Waals surface area contributed by atoms with Crippen molar-refractivity contribution in [1.82, 2.24) is 10.2 Å². The van der Waals surface area contributed by atoms with Gasteiger partial charge in [-0.3, -0.25) is 9.59 Å². The van der Waals surface area contributed by atoms with E-state index in [-0.39, 0.29) is 43.0 Å². The molecule has 7 heteroatoms. The summed E-state index contributed by atoms with van der Waals surface area (Å²) in [5.74, 6) is 1.19. The van der Waals surface area contributed by atoms with E-state index < -0.39 is 5.97 Å². The Morgan fingerprint density at radius 2 is 1.70 bits per heavy atom. The van der Waals surface area contributed by atoms with Gasteiger partial charge in [-0.25, -0.2) is 4.79 Å². The molecule has 0 aromatic carbocycles. The molecule has 2 amide bonds. The number of nitrogens with zero attached hydrogens (tertiary/aromatic N) is 1. The van der Waals surface area contributed by atoms with Crippen LogP contribution in [0, 0.1) is 23.2 Å². The summed E-state index contributed by atoms with van der Waals surface area (Å²) in [6.45, 7) is 0.736. The summed E-state index contributed by atoms with van der Waals surface area (Å²) in [6, 6.07) is -0.384. The molecule has 1 unspecified atom stereocenters. The van der Waals surface area contributed by atoms with Gasteiger partial charge in [0, 0.05) is 13.1 Å². The van der Waals surface area contributed by atoms with Crippen molar-refractivity contribution in [2.75, 3.05) is 26.3 Å². The maximum atomic E-state index is 13.5. The highest BCUT2D eigenvalue weighted by atomic mass is 16.5. The van der Waals surface area contributed by atoms with Crippen molar-refractivity contribution in [2.24, 2.45) is 23.2 Å². The topological polar surface area (TPSA) is 95.9 Å². The number of aliphatic carboxylic acids is 1. The number of amides is 2. The quantitative estimate of drug-likeness (QED) is 0.653. The molecule has 5 aliphatic rings. The smallest absolute Gasteiger partial charge is 0.329 e. The van der Waals surface area contributed by atoms with Crippen LogP contribution < -0.4 is 5.32 Å². The van der Waals surface area contributed by atoms with Crippen molar-refractivity contribution in [2.45, 2.75) is 57.4 Å². The Hall–Kier alpha value is -1.63. The van der Waals surface area contributed by atoms with Crippen LogP contribution in [-0.4, -0.2) is 60.1 Å². The molecule has 1 atom stereocenters. The molecule has 27 heavy (non-hydrogen) atoms. The van der Waals surface area contributed by atoms with Gasteiger partial charge in [0.05, 0.1) is 12.0 Å². The molecule has 4 saturated carbocycles.